The predicted octanol–water partition coefficient (Wildman–Crippen LogP) is -1.71. The highest BCUT2D eigenvalue weighted by molar-refractivity contribution is 5.25. The van der Waals surface area contributed by atoms with Gasteiger partial charge in [-0.05, 0) is 9.91 Å². The van der Waals surface area contributed by atoms with Crippen molar-refractivity contribution in [2.24, 2.45) is 0 Å². The molecule has 0 aliphatic rings. The van der Waals surface area contributed by atoms with Gasteiger partial charge in [0, 0.05) is 0 Å². The minimum absolute atomic E-state index is 0.0575. The van der Waals surface area contributed by atoms with Crippen LogP contribution < -0.4 is 5.43 Å². The monoisotopic (exact) mass is 249 g/mol. The Bertz CT molecular complexity index is 715. The summed E-state index contributed by atoms with van der Waals surface area (Å²) in [6.07, 6.45) is 2.44. The van der Waals surface area contributed by atoms with E-state index in [9.17, 15) is 10.1 Å². The maximum Gasteiger partial charge on any atom is 0.492 e. The van der Waals surface area contributed by atoms with Crippen molar-refractivity contribution in [3.05, 3.63) is 22.8 Å². The zero-order valence-corrected chi connectivity index (χ0v) is 8.44. The molecule has 0 fully saturated rings. The van der Waals surface area contributed by atoms with Crippen molar-refractivity contribution < 1.29 is 4.92 Å². The summed E-state index contributed by atoms with van der Waals surface area (Å²) in [5.41, 5.74) is 2.54. The lowest BCUT2D eigenvalue weighted by Gasteiger charge is -1.98. The molecule has 13 heteroatoms. The lowest BCUT2D eigenvalue weighted by molar-refractivity contribution is -0.394. The van der Waals surface area contributed by atoms with E-state index >= 15 is 0 Å². The van der Waals surface area contributed by atoms with Gasteiger partial charge < -0.3 is 10.1 Å². The molecule has 0 spiro atoms. The fraction of sp³-hybridized carbons (Fsp3) is 0. The molecule has 0 aromatic carbocycles. The van der Waals surface area contributed by atoms with Crippen LogP contribution in [0.25, 0.3) is 5.78 Å². The standard InChI is InChI=1S/C5H3N11O2/c17-16(18)4-6-1-15(13-4)12-3-8-10-5-9-7-2-14(5)11-3/h1-2H,(H,11,12). The molecular formula is C5H3N11O2. The first kappa shape index (κ1) is 9.94. The normalized spacial score (nSPS) is 10.7. The summed E-state index contributed by atoms with van der Waals surface area (Å²) in [4.78, 5) is 14.1. The lowest BCUT2D eigenvalue weighted by atomic mass is 11.0. The fourth-order valence-corrected chi connectivity index (χ4v) is 1.11. The molecule has 0 atom stereocenters. The molecule has 3 rings (SSSR count). The van der Waals surface area contributed by atoms with Gasteiger partial charge in [-0.25, -0.2) is 5.43 Å². The van der Waals surface area contributed by atoms with Crippen molar-refractivity contribution in [1.82, 2.24) is 44.9 Å². The number of hydrogen-bond donors (Lipinski definition) is 1. The van der Waals surface area contributed by atoms with Crippen LogP contribution in [0.15, 0.2) is 12.7 Å². The van der Waals surface area contributed by atoms with Crippen LogP contribution in [0.5, 0.6) is 0 Å². The Kier molecular flexibility index (Phi) is 2.01. The Labute approximate surface area is 96.6 Å². The summed E-state index contributed by atoms with van der Waals surface area (Å²) >= 11 is 0. The Balaban J connectivity index is 1.88. The molecule has 0 unspecified atom stereocenters. The molecule has 1 N–H and O–H groups in total. The van der Waals surface area contributed by atoms with Crippen LogP contribution in [0, 0.1) is 10.1 Å². The molecule has 13 nitrogen and oxygen atoms in total. The average Bonchev–Trinajstić information content (AvgIpc) is 2.96. The largest absolute Gasteiger partial charge is 0.492 e. The molecular weight excluding hydrogens is 246 g/mol. The van der Waals surface area contributed by atoms with Crippen LogP contribution >= 0.6 is 0 Å². The summed E-state index contributed by atoms with van der Waals surface area (Å²) in [5, 5.41) is 32.4. The van der Waals surface area contributed by atoms with Crippen molar-refractivity contribution in [3.8, 4) is 0 Å². The third-order valence-electron chi connectivity index (χ3n) is 1.81. The fourth-order valence-electron chi connectivity index (χ4n) is 1.11. The number of aromatic nitrogens is 9. The van der Waals surface area contributed by atoms with E-state index in [0.717, 1.165) is 11.1 Å². The Hall–Kier alpha value is -3.25. The van der Waals surface area contributed by atoms with E-state index < -0.39 is 10.9 Å². The van der Waals surface area contributed by atoms with Crippen LogP contribution in [-0.2, 0) is 0 Å². The van der Waals surface area contributed by atoms with E-state index in [0.29, 0.717) is 0 Å². The molecule has 90 valence electrons. The van der Waals surface area contributed by atoms with E-state index in [1.165, 1.54) is 10.8 Å². The molecule has 0 saturated heterocycles. The van der Waals surface area contributed by atoms with Crippen LogP contribution in [-0.4, -0.2) is 49.8 Å². The van der Waals surface area contributed by atoms with Gasteiger partial charge in [-0.3, -0.25) is 0 Å². The van der Waals surface area contributed by atoms with E-state index in [1.54, 1.807) is 0 Å². The first-order chi connectivity index (χ1) is 8.72. The van der Waals surface area contributed by atoms with Gasteiger partial charge in [0.05, 0.1) is 5.10 Å². The zero-order valence-electron chi connectivity index (χ0n) is 8.44. The van der Waals surface area contributed by atoms with Gasteiger partial charge in [0.2, 0.25) is 6.33 Å². The Morgan fingerprint density at radius 2 is 2.11 bits per heavy atom. The molecule has 0 bridgehead atoms. The van der Waals surface area contributed by atoms with Crippen molar-refractivity contribution in [2.75, 3.05) is 5.43 Å². The molecule has 3 aromatic rings. The van der Waals surface area contributed by atoms with Crippen LogP contribution in [0.2, 0.25) is 0 Å². The van der Waals surface area contributed by atoms with E-state index in [-0.39, 0.29) is 11.7 Å². The third kappa shape index (κ3) is 1.64. The molecule has 0 amide bonds. The van der Waals surface area contributed by atoms with Gasteiger partial charge in [0.25, 0.3) is 11.7 Å². The smallest absolute Gasteiger partial charge is 0.390 e. The number of anilines is 1. The molecule has 3 heterocycles. The molecule has 0 radical (unpaired) electrons. The minimum atomic E-state index is -0.722. The first-order valence-electron chi connectivity index (χ1n) is 4.46. The average molecular weight is 249 g/mol. The van der Waals surface area contributed by atoms with E-state index in [2.05, 4.69) is 41.0 Å². The number of rotatable bonds is 3. The van der Waals surface area contributed by atoms with Crippen molar-refractivity contribution >= 4 is 17.7 Å². The van der Waals surface area contributed by atoms with Crippen molar-refractivity contribution in [2.45, 2.75) is 0 Å². The Morgan fingerprint density at radius 1 is 1.22 bits per heavy atom. The van der Waals surface area contributed by atoms with Gasteiger partial charge in [0.1, 0.15) is 6.33 Å². The second-order valence-electron chi connectivity index (χ2n) is 2.96. The molecule has 0 saturated carbocycles. The predicted molar refractivity (Wildman–Crippen MR) is 52.1 cm³/mol. The molecule has 0 aliphatic carbocycles. The van der Waals surface area contributed by atoms with Gasteiger partial charge in [-0.2, -0.15) is 4.52 Å². The number of fused-ring (bicyclic) bond motifs is 1. The summed E-state index contributed by atoms with van der Waals surface area (Å²) in [5.74, 6) is -0.256. The highest BCUT2D eigenvalue weighted by atomic mass is 16.6. The van der Waals surface area contributed by atoms with Crippen LogP contribution in [0.4, 0.5) is 11.9 Å². The second kappa shape index (κ2) is 3.65. The van der Waals surface area contributed by atoms with Crippen molar-refractivity contribution in [1.29, 1.82) is 0 Å². The van der Waals surface area contributed by atoms with Gasteiger partial charge in [-0.1, -0.05) is 4.79 Å². The summed E-state index contributed by atoms with van der Waals surface area (Å²) in [7, 11) is 0. The number of nitrogens with zero attached hydrogens (tertiary/aromatic N) is 10. The maximum atomic E-state index is 10.4. The number of hydrogen-bond acceptors (Lipinski definition) is 10. The first-order valence-corrected chi connectivity index (χ1v) is 4.46. The van der Waals surface area contributed by atoms with Gasteiger partial charge in [0.15, 0.2) is 0 Å². The highest BCUT2D eigenvalue weighted by Crippen LogP contribution is 2.01. The van der Waals surface area contributed by atoms with E-state index in [4.69, 9.17) is 0 Å². The SMILES string of the molecule is O=[N+]([O-])c1ncn(Nc2nnc3nncn3n2)n1. The van der Waals surface area contributed by atoms with E-state index in [1.807, 2.05) is 0 Å². The summed E-state index contributed by atoms with van der Waals surface area (Å²) in [6, 6.07) is 0. The zero-order chi connectivity index (χ0) is 12.5. The van der Waals surface area contributed by atoms with Crippen molar-refractivity contribution in [3.63, 3.8) is 0 Å². The quantitative estimate of drug-likeness (QED) is 0.418. The second-order valence-corrected chi connectivity index (χ2v) is 2.96. The topological polar surface area (TPSA) is 155 Å². The van der Waals surface area contributed by atoms with Gasteiger partial charge in [-0.15, -0.1) is 25.5 Å². The van der Waals surface area contributed by atoms with Crippen LogP contribution in [0.3, 0.4) is 0 Å². The highest BCUT2D eigenvalue weighted by Gasteiger charge is 2.14. The molecule has 18 heavy (non-hydrogen) atoms. The molecule has 3 aromatic heterocycles. The third-order valence-corrected chi connectivity index (χ3v) is 1.81. The summed E-state index contributed by atoms with van der Waals surface area (Å²) < 4.78 is 1.28. The van der Waals surface area contributed by atoms with Crippen LogP contribution in [0.1, 0.15) is 0 Å². The Morgan fingerprint density at radius 3 is 2.89 bits per heavy atom. The minimum Gasteiger partial charge on any atom is -0.390 e. The van der Waals surface area contributed by atoms with Gasteiger partial charge >= 0.3 is 5.95 Å². The number of nitro groups is 1. The number of nitrogens with one attached hydrogen (secondary N) is 1. The maximum absolute atomic E-state index is 10.4. The summed E-state index contributed by atoms with van der Waals surface area (Å²) in [6.45, 7) is 0. The lowest BCUT2D eigenvalue weighted by Crippen LogP contribution is -2.14. The molecule has 0 aliphatic heterocycles.